The predicted molar refractivity (Wildman–Crippen MR) is 136 cm³/mol. The average molecular weight is 638 g/mol. The SMILES string of the molecule is C1N2CN3CN1CN(C2)C3.C1N2CN3CN1CN(C2)C3.O.O.O.O.O=C([O-])CCC(=O)[O-].[Mn+2].[OH3+].[OH3+].[OH3+].[OH3+].[OH3+].[OH3+]. The van der Waals surface area contributed by atoms with E-state index in [1.165, 1.54) is 80.0 Å². The molecule has 8 bridgehead atoms. The molecule has 26 N–H and O–H groups in total. The fraction of sp³-hybridized carbons (Fsp3) is 0.875. The molecule has 39 heavy (non-hydrogen) atoms. The van der Waals surface area contributed by atoms with Crippen molar-refractivity contribution in [2.45, 2.75) is 12.8 Å². The van der Waals surface area contributed by atoms with Crippen molar-refractivity contribution in [3.05, 3.63) is 0 Å². The summed E-state index contributed by atoms with van der Waals surface area (Å²) in [5.74, 6) is -2.73. The third kappa shape index (κ3) is 16.6. The van der Waals surface area contributed by atoms with Gasteiger partial charge in [-0.2, -0.15) is 0 Å². The largest absolute Gasteiger partial charge is 2.00 e. The molecular formula is C16H54MnN8O14+6. The summed E-state index contributed by atoms with van der Waals surface area (Å²) < 4.78 is 0. The zero-order chi connectivity index (χ0) is 19.7. The fourth-order valence-electron chi connectivity index (χ4n) is 4.67. The molecule has 0 aromatic rings. The summed E-state index contributed by atoms with van der Waals surface area (Å²) in [5.41, 5.74) is 0. The molecule has 0 saturated carbocycles. The molecule has 8 saturated heterocycles. The summed E-state index contributed by atoms with van der Waals surface area (Å²) in [6.45, 7) is 14.2. The molecule has 8 aliphatic rings. The van der Waals surface area contributed by atoms with Gasteiger partial charge in [-0.3, -0.25) is 39.2 Å². The van der Waals surface area contributed by atoms with E-state index in [0.29, 0.717) is 0 Å². The van der Waals surface area contributed by atoms with Crippen LogP contribution in [0.4, 0.5) is 0 Å². The second-order valence-electron chi connectivity index (χ2n) is 8.31. The summed E-state index contributed by atoms with van der Waals surface area (Å²) in [4.78, 5) is 38.8. The summed E-state index contributed by atoms with van der Waals surface area (Å²) in [6, 6.07) is 0. The molecule has 8 rings (SSSR count). The number of carboxylic acid groups (broad SMARTS) is 2. The second kappa shape index (κ2) is 25.7. The molecule has 8 fully saturated rings. The Hall–Kier alpha value is -1.26. The molecule has 0 aliphatic carbocycles. The van der Waals surface area contributed by atoms with Gasteiger partial charge in [0.05, 0.1) is 80.0 Å². The molecule has 0 spiro atoms. The van der Waals surface area contributed by atoms with E-state index in [2.05, 4.69) is 39.2 Å². The molecule has 1 radical (unpaired) electrons. The number of carbonyl (C=O) groups excluding carboxylic acids is 2. The second-order valence-corrected chi connectivity index (χ2v) is 8.31. The number of nitrogens with zero attached hydrogens (tertiary/aromatic N) is 8. The normalized spacial score (nSPS) is 31.3. The number of carboxylic acids is 2. The van der Waals surface area contributed by atoms with Crippen LogP contribution in [-0.2, 0) is 59.5 Å². The topological polar surface area (TPSA) is 430 Å². The van der Waals surface area contributed by atoms with Crippen LogP contribution in [0.5, 0.6) is 0 Å². The third-order valence-electron chi connectivity index (χ3n) is 5.33. The Morgan fingerprint density at radius 1 is 0.385 bits per heavy atom. The summed E-state index contributed by atoms with van der Waals surface area (Å²) in [5, 5.41) is 19.0. The number of aliphatic carboxylic acids is 2. The summed E-state index contributed by atoms with van der Waals surface area (Å²) in [7, 11) is 0. The Kier molecular flexibility index (Phi) is 37.9. The van der Waals surface area contributed by atoms with Gasteiger partial charge in [-0.15, -0.1) is 0 Å². The van der Waals surface area contributed by atoms with E-state index < -0.39 is 24.8 Å². The monoisotopic (exact) mass is 637 g/mol. The van der Waals surface area contributed by atoms with Crippen molar-refractivity contribution >= 4 is 11.9 Å². The average Bonchev–Trinajstić information content (AvgIpc) is 2.59. The van der Waals surface area contributed by atoms with Crippen LogP contribution in [-0.4, -0.2) is 153 Å². The zero-order valence-corrected chi connectivity index (χ0v) is 23.1. The van der Waals surface area contributed by atoms with E-state index in [1.54, 1.807) is 0 Å². The van der Waals surface area contributed by atoms with E-state index in [0.717, 1.165) is 0 Å². The maximum atomic E-state index is 9.50. The predicted octanol–water partition coefficient (Wildman–Crippen LogP) is -13.6. The Bertz CT molecular complexity index is 454. The van der Waals surface area contributed by atoms with Crippen LogP contribution in [0.15, 0.2) is 0 Å². The summed E-state index contributed by atoms with van der Waals surface area (Å²) >= 11 is 0. The van der Waals surface area contributed by atoms with E-state index in [-0.39, 0.29) is 71.8 Å². The molecule has 0 unspecified atom stereocenters. The molecule has 0 aromatic carbocycles. The number of carbonyl (C=O) groups is 2. The van der Waals surface area contributed by atoms with Gasteiger partial charge in [-0.1, -0.05) is 0 Å². The first-order chi connectivity index (χ1) is 13.4. The van der Waals surface area contributed by atoms with Gasteiger partial charge in [-0.05, 0) is 12.8 Å². The molecular weight excluding hydrogens is 583 g/mol. The fourth-order valence-corrected chi connectivity index (χ4v) is 4.67. The van der Waals surface area contributed by atoms with Gasteiger partial charge < -0.3 is 74.6 Å². The maximum absolute atomic E-state index is 9.50. The van der Waals surface area contributed by atoms with Crippen molar-refractivity contribution in [3.63, 3.8) is 0 Å². The first-order valence-electron chi connectivity index (χ1n) is 9.61. The number of hydrogen-bond acceptors (Lipinski definition) is 12. The van der Waals surface area contributed by atoms with Crippen LogP contribution >= 0.6 is 0 Å². The summed E-state index contributed by atoms with van der Waals surface area (Å²) in [6.07, 6.45) is -0.940. The van der Waals surface area contributed by atoms with Gasteiger partial charge >= 0.3 is 17.1 Å². The molecule has 8 heterocycles. The molecule has 243 valence electrons. The molecule has 0 amide bonds. The molecule has 23 heteroatoms. The van der Waals surface area contributed by atoms with Gasteiger partial charge in [0, 0.05) is 11.9 Å². The zero-order valence-electron chi connectivity index (χ0n) is 22.0. The van der Waals surface area contributed by atoms with Gasteiger partial charge in [0.15, 0.2) is 0 Å². The van der Waals surface area contributed by atoms with Crippen molar-refractivity contribution in [1.82, 2.24) is 39.2 Å². The van der Waals surface area contributed by atoms with Gasteiger partial charge in [-0.25, -0.2) is 0 Å². The van der Waals surface area contributed by atoms with E-state index >= 15 is 0 Å². The Labute approximate surface area is 236 Å². The first-order valence-corrected chi connectivity index (χ1v) is 9.61. The van der Waals surface area contributed by atoms with Gasteiger partial charge in [0.1, 0.15) is 0 Å². The van der Waals surface area contributed by atoms with Crippen molar-refractivity contribution in [3.8, 4) is 0 Å². The van der Waals surface area contributed by atoms with Crippen LogP contribution in [0.2, 0.25) is 0 Å². The quantitative estimate of drug-likeness (QED) is 0.205. The Balaban J connectivity index is -0.0000000544. The van der Waals surface area contributed by atoms with Crippen LogP contribution in [0.1, 0.15) is 12.8 Å². The molecule has 22 nitrogen and oxygen atoms in total. The number of rotatable bonds is 3. The number of hydrogen-bond donors (Lipinski definition) is 0. The maximum Gasteiger partial charge on any atom is 2.00 e. The van der Waals surface area contributed by atoms with Crippen molar-refractivity contribution in [2.24, 2.45) is 0 Å². The minimum atomic E-state index is -1.37. The molecule has 0 aromatic heterocycles. The standard InChI is InChI=1S/2C6H12N4.C4H6O4.Mn.10H2O/c2*1-7-2-9-4-8(1)5-10(3-7)6-9;5-3(6)1-2-4(7)8;;;;;;;;;;;/h2*1-6H2;1-2H2,(H,5,6)(H,7,8);;10*1H2/q;;;+2;;;;;;;;;;/p+4. The third-order valence-corrected chi connectivity index (χ3v) is 5.33. The Morgan fingerprint density at radius 3 is 0.564 bits per heavy atom. The molecule has 8 aliphatic heterocycles. The van der Waals surface area contributed by atoms with E-state index in [4.69, 9.17) is 0 Å². The van der Waals surface area contributed by atoms with E-state index in [9.17, 15) is 19.8 Å². The van der Waals surface area contributed by atoms with E-state index in [1.807, 2.05) is 0 Å². The van der Waals surface area contributed by atoms with Crippen LogP contribution in [0.3, 0.4) is 0 Å². The van der Waals surface area contributed by atoms with Crippen molar-refractivity contribution in [1.29, 1.82) is 0 Å². The first kappa shape index (κ1) is 57.6. The van der Waals surface area contributed by atoms with Crippen LogP contribution < -0.4 is 10.2 Å². The van der Waals surface area contributed by atoms with Gasteiger partial charge in [0.2, 0.25) is 0 Å². The van der Waals surface area contributed by atoms with Crippen molar-refractivity contribution < 1.29 is 91.6 Å². The minimum absolute atomic E-state index is 0. The van der Waals surface area contributed by atoms with Crippen LogP contribution in [0.25, 0.3) is 0 Å². The smallest absolute Gasteiger partial charge is 0.550 e. The Morgan fingerprint density at radius 2 is 0.487 bits per heavy atom. The van der Waals surface area contributed by atoms with Crippen LogP contribution in [0, 0.1) is 0 Å². The van der Waals surface area contributed by atoms with Crippen molar-refractivity contribution in [2.75, 3.05) is 80.0 Å². The molecule has 0 atom stereocenters. The van der Waals surface area contributed by atoms with Gasteiger partial charge in [0.25, 0.3) is 0 Å². The minimum Gasteiger partial charge on any atom is -0.550 e.